The van der Waals surface area contributed by atoms with Gasteiger partial charge < -0.3 is 5.11 Å². The Morgan fingerprint density at radius 1 is 1.60 bits per heavy atom. The molecule has 1 unspecified atom stereocenters. The van der Waals surface area contributed by atoms with Crippen LogP contribution in [0.4, 0.5) is 0 Å². The molecule has 0 aliphatic heterocycles. The predicted molar refractivity (Wildman–Crippen MR) is 36.9 cm³/mol. The van der Waals surface area contributed by atoms with E-state index >= 15 is 0 Å². The lowest BCUT2D eigenvalue weighted by Crippen LogP contribution is -2.28. The van der Waals surface area contributed by atoms with Crippen LogP contribution in [0.3, 0.4) is 0 Å². The number of carbonyl (C=O) groups is 1. The van der Waals surface area contributed by atoms with E-state index < -0.39 is 26.2 Å². The van der Waals surface area contributed by atoms with Gasteiger partial charge >= 0.3 is 5.97 Å². The quantitative estimate of drug-likeness (QED) is 0.531. The highest BCUT2D eigenvalue weighted by Crippen LogP contribution is 2.08. The number of halogens is 2. The van der Waals surface area contributed by atoms with E-state index in [-0.39, 0.29) is 0 Å². The maximum atomic E-state index is 10.3. The number of rotatable bonds is 3. The fourth-order valence-corrected chi connectivity index (χ4v) is 1.89. The first-order valence-electron chi connectivity index (χ1n) is 2.12. The molecule has 1 atom stereocenters. The lowest BCUT2D eigenvalue weighted by atomic mass is 10.5. The zero-order chi connectivity index (χ0) is 8.36. The van der Waals surface area contributed by atoms with Gasteiger partial charge in [0.2, 0.25) is 9.05 Å². The van der Waals surface area contributed by atoms with Gasteiger partial charge in [-0.25, -0.2) is 8.42 Å². The summed E-state index contributed by atoms with van der Waals surface area (Å²) in [6.45, 7) is 0. The zero-order valence-corrected chi connectivity index (χ0v) is 6.95. The van der Waals surface area contributed by atoms with Crippen molar-refractivity contribution in [3.63, 3.8) is 0 Å². The van der Waals surface area contributed by atoms with Crippen molar-refractivity contribution in [2.45, 2.75) is 5.25 Å². The van der Waals surface area contributed by atoms with Crippen LogP contribution in [-0.2, 0) is 13.8 Å². The van der Waals surface area contributed by atoms with Crippen molar-refractivity contribution < 1.29 is 18.3 Å². The van der Waals surface area contributed by atoms with Gasteiger partial charge in [0.15, 0.2) is 5.25 Å². The molecule has 4 nitrogen and oxygen atoms in total. The molecule has 0 bridgehead atoms. The third kappa shape index (κ3) is 2.72. The van der Waals surface area contributed by atoms with Crippen molar-refractivity contribution in [1.82, 2.24) is 0 Å². The Bertz CT molecular complexity index is 221. The summed E-state index contributed by atoms with van der Waals surface area (Å²) in [7, 11) is 0.628. The Balaban J connectivity index is 4.55. The van der Waals surface area contributed by atoms with E-state index in [0.717, 1.165) is 0 Å². The van der Waals surface area contributed by atoms with E-state index in [9.17, 15) is 13.2 Å². The lowest BCUT2D eigenvalue weighted by Gasteiger charge is -2.01. The van der Waals surface area contributed by atoms with Crippen LogP contribution in [0.15, 0.2) is 0 Å². The van der Waals surface area contributed by atoms with Gasteiger partial charge in [-0.2, -0.15) is 0 Å². The van der Waals surface area contributed by atoms with E-state index in [4.69, 9.17) is 27.4 Å². The molecule has 10 heavy (non-hydrogen) atoms. The van der Waals surface area contributed by atoms with Crippen molar-refractivity contribution in [2.75, 3.05) is 5.88 Å². The molecule has 60 valence electrons. The van der Waals surface area contributed by atoms with Gasteiger partial charge in [0, 0.05) is 10.7 Å². The number of carboxylic acids is 1. The van der Waals surface area contributed by atoms with Gasteiger partial charge in [-0.15, -0.1) is 11.6 Å². The maximum absolute atomic E-state index is 10.3. The molecule has 0 aliphatic rings. The van der Waals surface area contributed by atoms with Gasteiger partial charge in [0.25, 0.3) is 0 Å². The molecular formula is C3H4Cl2O4S. The molecule has 0 saturated carbocycles. The predicted octanol–water partition coefficient (Wildman–Crippen LogP) is 0.247. The molecule has 0 spiro atoms. The van der Waals surface area contributed by atoms with Crippen molar-refractivity contribution >= 4 is 37.3 Å². The second kappa shape index (κ2) is 3.41. The molecule has 0 rings (SSSR count). The van der Waals surface area contributed by atoms with Gasteiger partial charge in [-0.05, 0) is 0 Å². The molecule has 0 amide bonds. The van der Waals surface area contributed by atoms with E-state index in [1.165, 1.54) is 0 Å². The Morgan fingerprint density at radius 3 is 2.00 bits per heavy atom. The molecule has 0 heterocycles. The van der Waals surface area contributed by atoms with Crippen LogP contribution in [0.2, 0.25) is 0 Å². The number of hydrogen-bond acceptors (Lipinski definition) is 3. The summed E-state index contributed by atoms with van der Waals surface area (Å²) in [6.07, 6.45) is 0. The van der Waals surface area contributed by atoms with Gasteiger partial charge in [-0.1, -0.05) is 0 Å². The van der Waals surface area contributed by atoms with Crippen LogP contribution in [-0.4, -0.2) is 30.6 Å². The van der Waals surface area contributed by atoms with Gasteiger partial charge in [0.1, 0.15) is 0 Å². The molecule has 0 aromatic rings. The second-order valence-electron chi connectivity index (χ2n) is 1.46. The molecule has 0 aliphatic carbocycles. The lowest BCUT2D eigenvalue weighted by molar-refractivity contribution is -0.136. The highest BCUT2D eigenvalue weighted by molar-refractivity contribution is 8.14. The van der Waals surface area contributed by atoms with Crippen molar-refractivity contribution in [1.29, 1.82) is 0 Å². The SMILES string of the molecule is O=C(O)C(CCl)S(=O)(=O)Cl. The van der Waals surface area contributed by atoms with Gasteiger partial charge in [-0.3, -0.25) is 4.79 Å². The number of carboxylic acid groups (broad SMARTS) is 1. The highest BCUT2D eigenvalue weighted by atomic mass is 35.7. The number of hydrogen-bond donors (Lipinski definition) is 1. The molecule has 0 fully saturated rings. The highest BCUT2D eigenvalue weighted by Gasteiger charge is 2.29. The van der Waals surface area contributed by atoms with Crippen molar-refractivity contribution in [3.8, 4) is 0 Å². The first kappa shape index (κ1) is 10.0. The minimum absolute atomic E-state index is 0.541. The summed E-state index contributed by atoms with van der Waals surface area (Å²) >= 11 is 5.00. The minimum Gasteiger partial charge on any atom is -0.480 e. The van der Waals surface area contributed by atoms with Crippen LogP contribution in [0, 0.1) is 0 Å². The molecule has 7 heteroatoms. The monoisotopic (exact) mass is 206 g/mol. The van der Waals surface area contributed by atoms with E-state index in [1.807, 2.05) is 0 Å². The van der Waals surface area contributed by atoms with Crippen LogP contribution in [0.1, 0.15) is 0 Å². The summed E-state index contributed by atoms with van der Waals surface area (Å²) in [4.78, 5) is 10.0. The first-order valence-corrected chi connectivity index (χ1v) is 5.02. The number of aliphatic carboxylic acids is 1. The third-order valence-electron chi connectivity index (χ3n) is 0.755. The molecular weight excluding hydrogens is 203 g/mol. The first-order chi connectivity index (χ1) is 4.39. The Labute approximate surface area is 67.2 Å². The standard InChI is InChI=1S/C3H4Cl2O4S/c4-1-2(3(6)7)10(5,8)9/h2H,1H2,(H,6,7). The molecule has 0 aromatic heterocycles. The van der Waals surface area contributed by atoms with Crippen molar-refractivity contribution in [2.24, 2.45) is 0 Å². The summed E-state index contributed by atoms with van der Waals surface area (Å²) in [5.74, 6) is -2.08. The largest absolute Gasteiger partial charge is 0.480 e. The summed E-state index contributed by atoms with van der Waals surface area (Å²) in [5, 5.41) is 6.45. The van der Waals surface area contributed by atoms with Crippen LogP contribution in [0.25, 0.3) is 0 Å². The molecule has 0 saturated heterocycles. The Hall–Kier alpha value is -0.000000000000000111. The molecule has 0 aromatic carbocycles. The summed E-state index contributed by atoms with van der Waals surface area (Å²) < 4.78 is 20.6. The van der Waals surface area contributed by atoms with Crippen molar-refractivity contribution in [3.05, 3.63) is 0 Å². The maximum Gasteiger partial charge on any atom is 0.324 e. The normalized spacial score (nSPS) is 14.6. The topological polar surface area (TPSA) is 71.4 Å². The molecule has 0 radical (unpaired) electrons. The summed E-state index contributed by atoms with van der Waals surface area (Å²) in [6, 6.07) is 0. The van der Waals surface area contributed by atoms with Crippen LogP contribution in [0.5, 0.6) is 0 Å². The Kier molecular flexibility index (Phi) is 3.41. The zero-order valence-electron chi connectivity index (χ0n) is 4.62. The fraction of sp³-hybridized carbons (Fsp3) is 0.667. The average molecular weight is 207 g/mol. The van der Waals surface area contributed by atoms with Crippen LogP contribution >= 0.6 is 22.3 Å². The van der Waals surface area contributed by atoms with E-state index in [2.05, 4.69) is 0 Å². The minimum atomic E-state index is -4.07. The van der Waals surface area contributed by atoms with Gasteiger partial charge in [0.05, 0.1) is 5.88 Å². The fourth-order valence-electron chi connectivity index (χ4n) is 0.262. The van der Waals surface area contributed by atoms with E-state index in [0.29, 0.717) is 0 Å². The summed E-state index contributed by atoms with van der Waals surface area (Å²) in [5.41, 5.74) is 0. The third-order valence-corrected chi connectivity index (χ3v) is 2.94. The van der Waals surface area contributed by atoms with Crippen LogP contribution < -0.4 is 0 Å². The Morgan fingerprint density at radius 2 is 2.00 bits per heavy atom. The number of alkyl halides is 1. The van der Waals surface area contributed by atoms with E-state index in [1.54, 1.807) is 0 Å². The smallest absolute Gasteiger partial charge is 0.324 e. The molecule has 1 N–H and O–H groups in total. The second-order valence-corrected chi connectivity index (χ2v) is 4.58. The average Bonchev–Trinajstić information content (AvgIpc) is 1.60.